The van der Waals surface area contributed by atoms with Crippen molar-refractivity contribution in [2.45, 2.75) is 25.9 Å². The molecule has 32 heavy (non-hydrogen) atoms. The van der Waals surface area contributed by atoms with Crippen LogP contribution in [0.15, 0.2) is 82.0 Å². The molecule has 0 aliphatic carbocycles. The third-order valence-corrected chi connectivity index (χ3v) is 5.02. The fourth-order valence-electron chi connectivity index (χ4n) is 3.50. The lowest BCUT2D eigenvalue weighted by Crippen LogP contribution is -2.13. The average molecular weight is 442 g/mol. The minimum Gasteiger partial charge on any atom is -0.488 e. The first-order valence-corrected chi connectivity index (χ1v) is 9.82. The van der Waals surface area contributed by atoms with Gasteiger partial charge < -0.3 is 9.15 Å². The van der Waals surface area contributed by atoms with Crippen molar-refractivity contribution in [2.24, 2.45) is 0 Å². The van der Waals surface area contributed by atoms with Gasteiger partial charge in [0.05, 0.1) is 16.5 Å². The summed E-state index contributed by atoms with van der Waals surface area (Å²) in [4.78, 5) is 12.7. The summed E-state index contributed by atoms with van der Waals surface area (Å²) >= 11 is 0. The van der Waals surface area contributed by atoms with Crippen LogP contribution in [0.25, 0.3) is 11.0 Å². The zero-order chi connectivity index (χ0) is 22.7. The maximum atomic E-state index is 13.1. The molecular weight excluding hydrogens is 424 g/mol. The molecule has 4 rings (SSSR count). The van der Waals surface area contributed by atoms with E-state index in [2.05, 4.69) is 0 Å². The molecule has 1 heterocycles. The third-order valence-electron chi connectivity index (χ3n) is 5.02. The van der Waals surface area contributed by atoms with Gasteiger partial charge in [-0.1, -0.05) is 48.5 Å². The first-order valence-electron chi connectivity index (χ1n) is 9.82. The summed E-state index contributed by atoms with van der Waals surface area (Å²) in [5.41, 5.74) is 0.420. The van der Waals surface area contributed by atoms with E-state index in [1.54, 1.807) is 48.5 Å². The van der Waals surface area contributed by atoms with Crippen molar-refractivity contribution >= 4 is 11.0 Å². The second kappa shape index (κ2) is 8.86. The summed E-state index contributed by atoms with van der Waals surface area (Å²) < 4.78 is 63.7. The highest BCUT2D eigenvalue weighted by Crippen LogP contribution is 2.32. The Morgan fingerprint density at radius 3 is 2.34 bits per heavy atom. The molecule has 1 aromatic heterocycles. The number of hydrogen-bond acceptors (Lipinski definition) is 3. The van der Waals surface area contributed by atoms with E-state index >= 15 is 0 Å². The Bertz CT molecular complexity index is 1310. The van der Waals surface area contributed by atoms with Crippen molar-refractivity contribution < 1.29 is 26.7 Å². The normalized spacial score (nSPS) is 11.6. The predicted octanol–water partition coefficient (Wildman–Crippen LogP) is 6.45. The van der Waals surface area contributed by atoms with E-state index in [0.717, 1.165) is 12.1 Å². The second-order valence-electron chi connectivity index (χ2n) is 7.31. The van der Waals surface area contributed by atoms with Crippen LogP contribution in [0.5, 0.6) is 5.75 Å². The van der Waals surface area contributed by atoms with Crippen molar-refractivity contribution in [3.8, 4) is 5.75 Å². The van der Waals surface area contributed by atoms with Crippen LogP contribution in [0.4, 0.5) is 17.6 Å². The predicted molar refractivity (Wildman–Crippen MR) is 112 cm³/mol. The molecule has 0 aliphatic rings. The highest BCUT2D eigenvalue weighted by molar-refractivity contribution is 5.84. The standard InChI is InChI=1S/C25H18F4O3/c26-14-17-6-3-7-18(11-17)15-31-23-20-9-1-2-10-22(20)32-24(30)21(23)13-16-5-4-8-19(12-16)25(27,28)29/h1-12H,13-15H2. The smallest absolute Gasteiger partial charge is 0.416 e. The lowest BCUT2D eigenvalue weighted by molar-refractivity contribution is -0.137. The number of para-hydroxylation sites is 1. The van der Waals surface area contributed by atoms with Gasteiger partial charge in [0.15, 0.2) is 0 Å². The number of halogens is 4. The van der Waals surface area contributed by atoms with E-state index in [9.17, 15) is 22.4 Å². The zero-order valence-corrected chi connectivity index (χ0v) is 16.8. The molecule has 0 bridgehead atoms. The van der Waals surface area contributed by atoms with Crippen LogP contribution < -0.4 is 10.4 Å². The molecule has 164 valence electrons. The molecule has 3 nitrogen and oxygen atoms in total. The third kappa shape index (κ3) is 4.66. The average Bonchev–Trinajstić information content (AvgIpc) is 2.78. The van der Waals surface area contributed by atoms with Gasteiger partial charge >= 0.3 is 11.8 Å². The quantitative estimate of drug-likeness (QED) is 0.254. The van der Waals surface area contributed by atoms with E-state index in [-0.39, 0.29) is 24.3 Å². The molecule has 0 saturated heterocycles. The van der Waals surface area contributed by atoms with Crippen LogP contribution in [0.3, 0.4) is 0 Å². The Labute approximate surface area is 180 Å². The molecule has 0 radical (unpaired) electrons. The topological polar surface area (TPSA) is 39.4 Å². The number of hydrogen-bond donors (Lipinski definition) is 0. The van der Waals surface area contributed by atoms with Crippen LogP contribution in [-0.4, -0.2) is 0 Å². The summed E-state index contributed by atoms with van der Waals surface area (Å²) in [6.07, 6.45) is -4.60. The van der Waals surface area contributed by atoms with Gasteiger partial charge in [-0.25, -0.2) is 9.18 Å². The van der Waals surface area contributed by atoms with E-state index in [4.69, 9.17) is 9.15 Å². The van der Waals surface area contributed by atoms with Gasteiger partial charge in [0, 0.05) is 6.42 Å². The van der Waals surface area contributed by atoms with E-state index in [1.807, 2.05) is 0 Å². The Morgan fingerprint density at radius 1 is 0.844 bits per heavy atom. The van der Waals surface area contributed by atoms with Crippen molar-refractivity contribution in [1.82, 2.24) is 0 Å². The molecule has 0 N–H and O–H groups in total. The van der Waals surface area contributed by atoms with Crippen molar-refractivity contribution in [1.29, 1.82) is 0 Å². The molecule has 0 spiro atoms. The minimum atomic E-state index is -4.50. The molecule has 7 heteroatoms. The largest absolute Gasteiger partial charge is 0.488 e. The van der Waals surface area contributed by atoms with Crippen molar-refractivity contribution in [3.63, 3.8) is 0 Å². The summed E-state index contributed by atoms with van der Waals surface area (Å²) in [5, 5.41) is 0.524. The second-order valence-corrected chi connectivity index (χ2v) is 7.31. The fourth-order valence-corrected chi connectivity index (χ4v) is 3.50. The van der Waals surface area contributed by atoms with Crippen LogP contribution >= 0.6 is 0 Å². The molecule has 3 aromatic carbocycles. The van der Waals surface area contributed by atoms with E-state index in [0.29, 0.717) is 27.7 Å². The van der Waals surface area contributed by atoms with Crippen LogP contribution in [0.1, 0.15) is 27.8 Å². The van der Waals surface area contributed by atoms with Gasteiger partial charge in [0.25, 0.3) is 0 Å². The summed E-state index contributed by atoms with van der Waals surface area (Å²) in [5.74, 6) is 0.236. The Balaban J connectivity index is 1.75. The van der Waals surface area contributed by atoms with Gasteiger partial charge in [0.2, 0.25) is 0 Å². The summed E-state index contributed by atoms with van der Waals surface area (Å²) in [6.45, 7) is -0.566. The van der Waals surface area contributed by atoms with Crippen molar-refractivity contribution in [2.75, 3.05) is 0 Å². The summed E-state index contributed by atoms with van der Waals surface area (Å²) in [6, 6.07) is 18.3. The van der Waals surface area contributed by atoms with E-state index < -0.39 is 24.0 Å². The zero-order valence-electron chi connectivity index (χ0n) is 16.8. The van der Waals surface area contributed by atoms with Gasteiger partial charge in [-0.05, 0) is 41.0 Å². The van der Waals surface area contributed by atoms with Crippen LogP contribution in [-0.2, 0) is 25.9 Å². The van der Waals surface area contributed by atoms with Gasteiger partial charge in [-0.15, -0.1) is 0 Å². The molecule has 0 unspecified atom stereocenters. The molecule has 0 atom stereocenters. The Morgan fingerprint density at radius 2 is 1.56 bits per heavy atom. The SMILES string of the molecule is O=c1oc2ccccc2c(OCc2cccc(CF)c2)c1Cc1cccc(C(F)(F)F)c1. The fraction of sp³-hybridized carbons (Fsp3) is 0.160. The van der Waals surface area contributed by atoms with Crippen LogP contribution in [0, 0.1) is 0 Å². The first-order chi connectivity index (χ1) is 15.3. The van der Waals surface area contributed by atoms with Crippen LogP contribution in [0.2, 0.25) is 0 Å². The molecule has 0 aliphatic heterocycles. The summed E-state index contributed by atoms with van der Waals surface area (Å²) in [7, 11) is 0. The number of fused-ring (bicyclic) bond motifs is 1. The number of ether oxygens (including phenoxy) is 1. The molecular formula is C25H18F4O3. The van der Waals surface area contributed by atoms with Gasteiger partial charge in [-0.3, -0.25) is 0 Å². The lowest BCUT2D eigenvalue weighted by atomic mass is 10.0. The molecule has 4 aromatic rings. The lowest BCUT2D eigenvalue weighted by Gasteiger charge is -2.14. The van der Waals surface area contributed by atoms with Gasteiger partial charge in [0.1, 0.15) is 24.6 Å². The molecule has 0 amide bonds. The highest BCUT2D eigenvalue weighted by atomic mass is 19.4. The van der Waals surface area contributed by atoms with Gasteiger partial charge in [-0.2, -0.15) is 13.2 Å². The maximum absolute atomic E-state index is 13.1. The first kappa shape index (κ1) is 21.6. The molecule has 0 saturated carbocycles. The number of rotatable bonds is 6. The highest BCUT2D eigenvalue weighted by Gasteiger charge is 2.30. The number of benzene rings is 3. The Hall–Kier alpha value is -3.61. The monoisotopic (exact) mass is 442 g/mol. The molecule has 0 fully saturated rings. The van der Waals surface area contributed by atoms with Crippen molar-refractivity contribution in [3.05, 3.63) is 111 Å². The maximum Gasteiger partial charge on any atom is 0.416 e. The minimum absolute atomic E-state index is 0.0525. The van der Waals surface area contributed by atoms with E-state index in [1.165, 1.54) is 12.1 Å². The Kier molecular flexibility index (Phi) is 5.99. The number of alkyl halides is 4.